The van der Waals surface area contributed by atoms with Crippen LogP contribution in [-0.4, -0.2) is 21.9 Å². The van der Waals surface area contributed by atoms with Gasteiger partial charge in [-0.3, -0.25) is 4.79 Å². The minimum absolute atomic E-state index is 0.0360. The van der Waals surface area contributed by atoms with Gasteiger partial charge in [0.05, 0.1) is 23.3 Å². The second-order valence-corrected chi connectivity index (χ2v) is 10.6. The molecule has 0 fully saturated rings. The number of anilines is 1. The van der Waals surface area contributed by atoms with E-state index in [9.17, 15) is 31.1 Å². The van der Waals surface area contributed by atoms with Crippen molar-refractivity contribution in [1.29, 1.82) is 0 Å². The van der Waals surface area contributed by atoms with Crippen molar-refractivity contribution in [3.63, 3.8) is 0 Å². The first-order chi connectivity index (χ1) is 19.8. The van der Waals surface area contributed by atoms with Crippen molar-refractivity contribution in [2.75, 3.05) is 5.32 Å². The van der Waals surface area contributed by atoms with Crippen LogP contribution in [0.4, 0.5) is 32.2 Å². The number of aromatic nitrogens is 2. The Labute approximate surface area is 238 Å². The van der Waals surface area contributed by atoms with E-state index in [2.05, 4.69) is 15.7 Å². The third-order valence-electron chi connectivity index (χ3n) is 7.80. The molecule has 0 aliphatic carbocycles. The van der Waals surface area contributed by atoms with E-state index in [1.165, 1.54) is 6.07 Å². The fourth-order valence-corrected chi connectivity index (χ4v) is 5.23. The van der Waals surface area contributed by atoms with Gasteiger partial charge in [-0.15, -0.1) is 0 Å². The van der Waals surface area contributed by atoms with Crippen molar-refractivity contribution in [2.24, 2.45) is 0 Å². The lowest BCUT2D eigenvalue weighted by Gasteiger charge is -2.34. The molecule has 0 saturated carbocycles. The number of halogens is 6. The second-order valence-electron chi connectivity index (χ2n) is 10.6. The zero-order chi connectivity index (χ0) is 30.3. The molecular formula is C31H28F6N4O. The second kappa shape index (κ2) is 10.8. The van der Waals surface area contributed by atoms with Gasteiger partial charge < -0.3 is 10.6 Å². The number of hydrogen-bond donors (Lipinski definition) is 2. The van der Waals surface area contributed by atoms with Crippen molar-refractivity contribution >= 4 is 11.7 Å². The van der Waals surface area contributed by atoms with Crippen LogP contribution >= 0.6 is 0 Å². The summed E-state index contributed by atoms with van der Waals surface area (Å²) in [5.74, 6) is -0.668. The normalized spacial score (nSPS) is 18.5. The first-order valence-corrected chi connectivity index (χ1v) is 13.4. The number of benzene rings is 3. The minimum atomic E-state index is -4.59. The average molecular weight is 587 g/mol. The van der Waals surface area contributed by atoms with Gasteiger partial charge in [-0.1, -0.05) is 67.6 Å². The number of carbonyl (C=O) groups is 1. The Bertz CT molecular complexity index is 1580. The summed E-state index contributed by atoms with van der Waals surface area (Å²) in [5.41, 5.74) is 0.334. The predicted molar refractivity (Wildman–Crippen MR) is 147 cm³/mol. The molecule has 0 saturated heterocycles. The van der Waals surface area contributed by atoms with E-state index in [1.807, 2.05) is 6.92 Å². The van der Waals surface area contributed by atoms with Crippen LogP contribution in [0.5, 0.6) is 0 Å². The predicted octanol–water partition coefficient (Wildman–Crippen LogP) is 8.28. The lowest BCUT2D eigenvalue weighted by atomic mass is 9.87. The molecule has 0 bridgehead atoms. The molecule has 3 atom stereocenters. The van der Waals surface area contributed by atoms with Gasteiger partial charge in [0.1, 0.15) is 11.4 Å². The molecule has 4 aromatic rings. The SMILES string of the molecule is CCC(C)(NC(=O)c1cnn2c1NC(c1ccccc1)CC2C(F)(F)F)c1cccc(-c2cccc(C(F)(F)F)c2)c1. The van der Waals surface area contributed by atoms with E-state index >= 15 is 0 Å². The van der Waals surface area contributed by atoms with E-state index in [4.69, 9.17) is 0 Å². The molecule has 1 amide bonds. The van der Waals surface area contributed by atoms with E-state index in [-0.39, 0.29) is 17.8 Å². The molecule has 11 heteroatoms. The molecule has 0 spiro atoms. The molecule has 2 N–H and O–H groups in total. The van der Waals surface area contributed by atoms with Gasteiger partial charge in [0.15, 0.2) is 6.04 Å². The van der Waals surface area contributed by atoms with E-state index in [0.717, 1.165) is 23.0 Å². The Morgan fingerprint density at radius 1 is 0.929 bits per heavy atom. The molecule has 5 rings (SSSR count). The number of alkyl halides is 6. The van der Waals surface area contributed by atoms with Crippen LogP contribution in [0.25, 0.3) is 11.1 Å². The smallest absolute Gasteiger partial charge is 0.363 e. The molecule has 3 aromatic carbocycles. The summed E-state index contributed by atoms with van der Waals surface area (Å²) < 4.78 is 82.9. The number of nitrogens with zero attached hydrogens (tertiary/aromatic N) is 2. The lowest BCUT2D eigenvalue weighted by molar-refractivity contribution is -0.173. The molecule has 42 heavy (non-hydrogen) atoms. The summed E-state index contributed by atoms with van der Waals surface area (Å²) in [6.45, 7) is 3.58. The van der Waals surface area contributed by atoms with Crippen molar-refractivity contribution in [3.8, 4) is 11.1 Å². The van der Waals surface area contributed by atoms with Gasteiger partial charge >= 0.3 is 12.4 Å². The van der Waals surface area contributed by atoms with Gasteiger partial charge in [-0.2, -0.15) is 31.4 Å². The highest BCUT2D eigenvalue weighted by molar-refractivity contribution is 5.99. The molecule has 2 heterocycles. The quantitative estimate of drug-likeness (QED) is 0.224. The Morgan fingerprint density at radius 2 is 1.55 bits per heavy atom. The van der Waals surface area contributed by atoms with Gasteiger partial charge in [-0.05, 0) is 53.8 Å². The van der Waals surface area contributed by atoms with Gasteiger partial charge in [0, 0.05) is 6.42 Å². The third kappa shape index (κ3) is 5.73. The standard InChI is InChI=1S/C31H28F6N4O/c1-3-29(2,22-13-7-11-20(15-22)21-12-8-14-23(16-21)30(32,33)34)40-28(42)24-18-38-41-26(31(35,36)37)17-25(39-27(24)41)19-9-5-4-6-10-19/h4-16,18,25-26,39H,3,17H2,1-2H3,(H,40,42). The fraction of sp³-hybridized carbons (Fsp3) is 0.290. The van der Waals surface area contributed by atoms with Crippen LogP contribution < -0.4 is 10.6 Å². The van der Waals surface area contributed by atoms with Crippen LogP contribution in [0, 0.1) is 0 Å². The number of carbonyl (C=O) groups excluding carboxylic acids is 1. The maximum Gasteiger partial charge on any atom is 0.416 e. The topological polar surface area (TPSA) is 59.0 Å². The Morgan fingerprint density at radius 3 is 2.14 bits per heavy atom. The summed E-state index contributed by atoms with van der Waals surface area (Å²) in [5, 5.41) is 9.97. The number of hydrogen-bond acceptors (Lipinski definition) is 3. The number of nitrogens with one attached hydrogen (secondary N) is 2. The zero-order valence-corrected chi connectivity index (χ0v) is 22.7. The Kier molecular flexibility index (Phi) is 7.55. The average Bonchev–Trinajstić information content (AvgIpc) is 3.40. The summed E-state index contributed by atoms with van der Waals surface area (Å²) >= 11 is 0. The maximum absolute atomic E-state index is 14.1. The lowest BCUT2D eigenvalue weighted by Crippen LogP contribution is -2.43. The number of amides is 1. The minimum Gasteiger partial charge on any atom is -0.363 e. The molecule has 1 aliphatic heterocycles. The van der Waals surface area contributed by atoms with Crippen LogP contribution in [0.1, 0.15) is 65.8 Å². The van der Waals surface area contributed by atoms with Crippen molar-refractivity contribution < 1.29 is 31.1 Å². The summed E-state index contributed by atoms with van der Waals surface area (Å²) in [7, 11) is 0. The van der Waals surface area contributed by atoms with Crippen molar-refractivity contribution in [2.45, 2.75) is 56.7 Å². The van der Waals surface area contributed by atoms with Gasteiger partial charge in [0.25, 0.3) is 5.91 Å². The van der Waals surface area contributed by atoms with Crippen LogP contribution in [0.3, 0.4) is 0 Å². The van der Waals surface area contributed by atoms with Gasteiger partial charge in [0.2, 0.25) is 0 Å². The van der Waals surface area contributed by atoms with Crippen LogP contribution in [0.2, 0.25) is 0 Å². The van der Waals surface area contributed by atoms with Crippen LogP contribution in [-0.2, 0) is 11.7 Å². The largest absolute Gasteiger partial charge is 0.416 e. The summed E-state index contributed by atoms with van der Waals surface area (Å²) in [4.78, 5) is 13.6. The first-order valence-electron chi connectivity index (χ1n) is 13.4. The molecule has 3 unspecified atom stereocenters. The Hall–Kier alpha value is -4.28. The van der Waals surface area contributed by atoms with E-state index in [1.54, 1.807) is 67.6 Å². The molecule has 1 aliphatic rings. The Balaban J connectivity index is 1.46. The first kappa shape index (κ1) is 29.2. The highest BCUT2D eigenvalue weighted by Gasteiger charge is 2.47. The van der Waals surface area contributed by atoms with E-state index in [0.29, 0.717) is 28.7 Å². The number of fused-ring (bicyclic) bond motifs is 1. The summed E-state index contributed by atoms with van der Waals surface area (Å²) in [6.07, 6.45) is -7.87. The zero-order valence-electron chi connectivity index (χ0n) is 22.7. The highest BCUT2D eigenvalue weighted by Crippen LogP contribution is 2.44. The van der Waals surface area contributed by atoms with Crippen molar-refractivity contribution in [3.05, 3.63) is 107 Å². The molecular weight excluding hydrogens is 558 g/mol. The monoisotopic (exact) mass is 586 g/mol. The van der Waals surface area contributed by atoms with Gasteiger partial charge in [-0.25, -0.2) is 4.68 Å². The fourth-order valence-electron chi connectivity index (χ4n) is 5.23. The third-order valence-corrected chi connectivity index (χ3v) is 7.80. The maximum atomic E-state index is 14.1. The van der Waals surface area contributed by atoms with Crippen molar-refractivity contribution in [1.82, 2.24) is 15.1 Å². The molecule has 5 nitrogen and oxygen atoms in total. The number of rotatable bonds is 6. The molecule has 220 valence electrons. The molecule has 0 radical (unpaired) electrons. The highest BCUT2D eigenvalue weighted by atomic mass is 19.4. The van der Waals surface area contributed by atoms with E-state index < -0.39 is 41.4 Å². The summed E-state index contributed by atoms with van der Waals surface area (Å²) in [6, 6.07) is 17.8. The molecule has 1 aromatic heterocycles. The van der Waals surface area contributed by atoms with Crippen LogP contribution in [0.15, 0.2) is 85.1 Å².